The molecule has 0 unspecified atom stereocenters. The first-order valence-corrected chi connectivity index (χ1v) is 11.0. The second kappa shape index (κ2) is 9.88. The van der Waals surface area contributed by atoms with Gasteiger partial charge in [0, 0.05) is 41.3 Å². The summed E-state index contributed by atoms with van der Waals surface area (Å²) in [5, 5.41) is 11.8. The van der Waals surface area contributed by atoms with Crippen LogP contribution in [0.2, 0.25) is 0 Å². The largest absolute Gasteiger partial charge is 0.390 e. The highest BCUT2D eigenvalue weighted by Crippen LogP contribution is 2.23. The van der Waals surface area contributed by atoms with E-state index in [1.165, 1.54) is 25.7 Å². The number of aliphatic hydroxyl groups is 1. The van der Waals surface area contributed by atoms with Crippen LogP contribution in [-0.4, -0.2) is 46.1 Å². The van der Waals surface area contributed by atoms with Gasteiger partial charge >= 0.3 is 0 Å². The lowest BCUT2D eigenvalue weighted by Gasteiger charge is -2.23. The van der Waals surface area contributed by atoms with E-state index in [2.05, 4.69) is 21.6 Å². The molecule has 1 saturated heterocycles. The third kappa shape index (κ3) is 5.07. The van der Waals surface area contributed by atoms with E-state index in [0.29, 0.717) is 18.7 Å². The number of aliphatic hydroxyl groups excluding tert-OH is 1. The van der Waals surface area contributed by atoms with Crippen molar-refractivity contribution in [3.63, 3.8) is 0 Å². The molecule has 0 aliphatic carbocycles. The number of hydrogen-bond donors (Lipinski definition) is 1. The van der Waals surface area contributed by atoms with Crippen molar-refractivity contribution in [2.24, 2.45) is 0 Å². The molecule has 0 radical (unpaired) electrons. The lowest BCUT2D eigenvalue weighted by atomic mass is 10.1. The monoisotopic (exact) mass is 402 g/mol. The summed E-state index contributed by atoms with van der Waals surface area (Å²) in [4.78, 5) is 14.8. The quantitative estimate of drug-likeness (QED) is 0.457. The zero-order chi connectivity index (χ0) is 20.8. The molecule has 1 aromatic heterocycles. The van der Waals surface area contributed by atoms with Crippen molar-refractivity contribution < 1.29 is 9.90 Å². The van der Waals surface area contributed by atoms with Crippen molar-refractivity contribution in [2.45, 2.75) is 38.3 Å². The molecular weight excluding hydrogens is 372 g/mol. The first-order chi connectivity index (χ1) is 14.7. The summed E-state index contributed by atoms with van der Waals surface area (Å²) in [5.74, 6) is -0.00590. The SMILES string of the molecule is O=C(/C=C\c1cn(C[C@@H](O)CN2CCCCCC2)c2ccccc12)c1ccccc1. The molecular formula is C26H30N2O2. The maximum atomic E-state index is 12.4. The van der Waals surface area contributed by atoms with E-state index >= 15 is 0 Å². The molecule has 1 atom stereocenters. The zero-order valence-corrected chi connectivity index (χ0v) is 17.4. The van der Waals surface area contributed by atoms with Gasteiger partial charge in [0.2, 0.25) is 0 Å². The average molecular weight is 403 g/mol. The van der Waals surface area contributed by atoms with Crippen LogP contribution in [0.3, 0.4) is 0 Å². The van der Waals surface area contributed by atoms with Crippen LogP contribution in [0.1, 0.15) is 41.6 Å². The van der Waals surface area contributed by atoms with Crippen molar-refractivity contribution in [1.29, 1.82) is 0 Å². The molecule has 4 rings (SSSR count). The Morgan fingerprint density at radius 2 is 1.63 bits per heavy atom. The van der Waals surface area contributed by atoms with Crippen LogP contribution in [0.15, 0.2) is 66.9 Å². The predicted octanol–water partition coefficient (Wildman–Crippen LogP) is 4.77. The van der Waals surface area contributed by atoms with Gasteiger partial charge in [0.15, 0.2) is 5.78 Å². The minimum atomic E-state index is -0.415. The second-order valence-corrected chi connectivity index (χ2v) is 8.19. The van der Waals surface area contributed by atoms with E-state index in [1.807, 2.05) is 54.7 Å². The number of β-amino-alcohol motifs (C(OH)–C–C–N with tert-alkyl or cyclic N) is 1. The highest BCUT2D eigenvalue weighted by Gasteiger charge is 2.16. The van der Waals surface area contributed by atoms with E-state index in [-0.39, 0.29) is 5.78 Å². The number of carbonyl (C=O) groups is 1. The van der Waals surface area contributed by atoms with Crippen LogP contribution in [0, 0.1) is 0 Å². The summed E-state index contributed by atoms with van der Waals surface area (Å²) < 4.78 is 2.12. The summed E-state index contributed by atoms with van der Waals surface area (Å²) in [6, 6.07) is 17.5. The fourth-order valence-electron chi connectivity index (χ4n) is 4.32. The molecule has 30 heavy (non-hydrogen) atoms. The summed E-state index contributed by atoms with van der Waals surface area (Å²) in [7, 11) is 0. The molecule has 1 fully saturated rings. The topological polar surface area (TPSA) is 45.5 Å². The van der Waals surface area contributed by atoms with Crippen molar-refractivity contribution in [1.82, 2.24) is 9.47 Å². The van der Waals surface area contributed by atoms with Gasteiger partial charge in [-0.25, -0.2) is 0 Å². The van der Waals surface area contributed by atoms with Gasteiger partial charge < -0.3 is 14.6 Å². The minimum absolute atomic E-state index is 0.00590. The van der Waals surface area contributed by atoms with E-state index < -0.39 is 6.10 Å². The maximum Gasteiger partial charge on any atom is 0.185 e. The Labute approximate surface area is 178 Å². The second-order valence-electron chi connectivity index (χ2n) is 8.19. The standard InChI is InChI=1S/C26H30N2O2/c29-23(19-27-16-8-1-2-9-17-27)20-28-18-22(24-12-6-7-13-25(24)28)14-15-26(30)21-10-4-3-5-11-21/h3-7,10-15,18,23,29H,1-2,8-9,16-17,19-20H2/b15-14-/t23-/m0/s1. The van der Waals surface area contributed by atoms with Crippen LogP contribution < -0.4 is 0 Å². The molecule has 1 aliphatic rings. The molecule has 3 aromatic rings. The number of allylic oxidation sites excluding steroid dienone is 1. The average Bonchev–Trinajstić information content (AvgIpc) is 2.92. The summed E-state index contributed by atoms with van der Waals surface area (Å²) in [6.45, 7) is 3.43. The lowest BCUT2D eigenvalue weighted by molar-refractivity contribution is 0.101. The lowest BCUT2D eigenvalue weighted by Crippen LogP contribution is -2.35. The Hall–Kier alpha value is -2.69. The minimum Gasteiger partial charge on any atom is -0.390 e. The van der Waals surface area contributed by atoms with Gasteiger partial charge in [-0.15, -0.1) is 0 Å². The third-order valence-corrected chi connectivity index (χ3v) is 5.87. The number of aromatic nitrogens is 1. The highest BCUT2D eigenvalue weighted by atomic mass is 16.3. The first-order valence-electron chi connectivity index (χ1n) is 11.0. The van der Waals surface area contributed by atoms with Gasteiger partial charge in [0.25, 0.3) is 0 Å². The number of carbonyl (C=O) groups excluding carboxylic acids is 1. The van der Waals surface area contributed by atoms with Crippen molar-refractivity contribution in [3.8, 4) is 0 Å². The molecule has 4 heteroatoms. The Morgan fingerprint density at radius 3 is 2.40 bits per heavy atom. The molecule has 0 spiro atoms. The van der Waals surface area contributed by atoms with Gasteiger partial charge in [0.1, 0.15) is 0 Å². The smallest absolute Gasteiger partial charge is 0.185 e. The molecule has 2 heterocycles. The number of ketones is 1. The molecule has 1 N–H and O–H groups in total. The molecule has 2 aromatic carbocycles. The normalized spacial score (nSPS) is 16.7. The maximum absolute atomic E-state index is 12.4. The predicted molar refractivity (Wildman–Crippen MR) is 123 cm³/mol. The van der Waals surface area contributed by atoms with Gasteiger partial charge in [-0.1, -0.05) is 61.4 Å². The fourth-order valence-corrected chi connectivity index (χ4v) is 4.32. The van der Waals surface area contributed by atoms with Crippen LogP contribution >= 0.6 is 0 Å². The molecule has 0 bridgehead atoms. The van der Waals surface area contributed by atoms with Gasteiger partial charge in [-0.3, -0.25) is 4.79 Å². The van der Waals surface area contributed by atoms with Crippen LogP contribution in [0.5, 0.6) is 0 Å². The van der Waals surface area contributed by atoms with Crippen LogP contribution in [-0.2, 0) is 6.54 Å². The number of rotatable bonds is 7. The number of nitrogens with zero attached hydrogens (tertiary/aromatic N) is 2. The molecule has 4 nitrogen and oxygen atoms in total. The highest BCUT2D eigenvalue weighted by molar-refractivity contribution is 6.07. The summed E-state index contributed by atoms with van der Waals surface area (Å²) in [6.07, 6.45) is 10.2. The van der Waals surface area contributed by atoms with Crippen molar-refractivity contribution in [3.05, 3.63) is 78.0 Å². The molecule has 156 valence electrons. The molecule has 0 amide bonds. The number of para-hydroxylation sites is 1. The Balaban J connectivity index is 1.50. The number of likely N-dealkylation sites (tertiary alicyclic amines) is 1. The molecule has 0 saturated carbocycles. The van der Waals surface area contributed by atoms with Crippen LogP contribution in [0.25, 0.3) is 17.0 Å². The summed E-state index contributed by atoms with van der Waals surface area (Å²) >= 11 is 0. The van der Waals surface area contributed by atoms with E-state index in [1.54, 1.807) is 6.08 Å². The summed E-state index contributed by atoms with van der Waals surface area (Å²) in [5.41, 5.74) is 2.77. The van der Waals surface area contributed by atoms with Crippen molar-refractivity contribution >= 4 is 22.8 Å². The Kier molecular flexibility index (Phi) is 6.77. The number of fused-ring (bicyclic) bond motifs is 1. The van der Waals surface area contributed by atoms with Gasteiger partial charge in [0.05, 0.1) is 6.10 Å². The number of hydrogen-bond acceptors (Lipinski definition) is 3. The van der Waals surface area contributed by atoms with E-state index in [0.717, 1.165) is 29.6 Å². The Morgan fingerprint density at radius 1 is 0.933 bits per heavy atom. The number of benzene rings is 2. The first kappa shape index (κ1) is 20.6. The Bertz CT molecular complexity index is 998. The van der Waals surface area contributed by atoms with Crippen molar-refractivity contribution in [2.75, 3.05) is 19.6 Å². The third-order valence-electron chi connectivity index (χ3n) is 5.87. The van der Waals surface area contributed by atoms with E-state index in [4.69, 9.17) is 0 Å². The van der Waals surface area contributed by atoms with Gasteiger partial charge in [-0.05, 0) is 44.1 Å². The molecule has 1 aliphatic heterocycles. The van der Waals surface area contributed by atoms with Crippen LogP contribution in [0.4, 0.5) is 0 Å². The fraction of sp³-hybridized carbons (Fsp3) is 0.346. The van der Waals surface area contributed by atoms with Gasteiger partial charge in [-0.2, -0.15) is 0 Å². The zero-order valence-electron chi connectivity index (χ0n) is 17.4. The van der Waals surface area contributed by atoms with E-state index in [9.17, 15) is 9.90 Å².